The lowest BCUT2D eigenvalue weighted by atomic mass is 10.00. The standard InChI is InChI=1S/C22H21ClO3/c1-16-12-13-18(21(23)14-16)10-5-4-8-17-9-6-7-11-19(17)20(15-25-2)22(24)26-3/h4-15H,1-3H3. The van der Waals surface area contributed by atoms with Gasteiger partial charge in [0.1, 0.15) is 5.57 Å². The lowest BCUT2D eigenvalue weighted by Crippen LogP contribution is -2.05. The summed E-state index contributed by atoms with van der Waals surface area (Å²) in [5.74, 6) is -0.449. The highest BCUT2D eigenvalue weighted by Gasteiger charge is 2.15. The van der Waals surface area contributed by atoms with Crippen molar-refractivity contribution in [3.63, 3.8) is 0 Å². The van der Waals surface area contributed by atoms with Crippen molar-refractivity contribution in [2.45, 2.75) is 6.92 Å². The summed E-state index contributed by atoms with van der Waals surface area (Å²) in [6, 6.07) is 13.5. The van der Waals surface area contributed by atoms with Crippen LogP contribution >= 0.6 is 11.6 Å². The number of hydrogen-bond donors (Lipinski definition) is 0. The first kappa shape index (κ1) is 19.5. The number of aryl methyl sites for hydroxylation is 1. The quantitative estimate of drug-likeness (QED) is 0.291. The summed E-state index contributed by atoms with van der Waals surface area (Å²) < 4.78 is 9.87. The molecule has 0 unspecified atom stereocenters. The van der Waals surface area contributed by atoms with Gasteiger partial charge in [-0.2, -0.15) is 0 Å². The number of carbonyl (C=O) groups is 1. The molecule has 2 aromatic carbocycles. The first-order valence-corrected chi connectivity index (χ1v) is 8.46. The van der Waals surface area contributed by atoms with Gasteiger partial charge in [0.25, 0.3) is 0 Å². The van der Waals surface area contributed by atoms with Crippen LogP contribution in [0, 0.1) is 6.92 Å². The zero-order valence-corrected chi connectivity index (χ0v) is 15.8. The summed E-state index contributed by atoms with van der Waals surface area (Å²) in [7, 11) is 2.84. The van der Waals surface area contributed by atoms with Gasteiger partial charge in [0, 0.05) is 5.02 Å². The Morgan fingerprint density at radius 3 is 2.35 bits per heavy atom. The maximum atomic E-state index is 12.0. The fraction of sp³-hybridized carbons (Fsp3) is 0.136. The van der Waals surface area contributed by atoms with Crippen molar-refractivity contribution < 1.29 is 14.3 Å². The van der Waals surface area contributed by atoms with E-state index in [0.29, 0.717) is 10.6 Å². The fourth-order valence-corrected chi connectivity index (χ4v) is 2.72. The van der Waals surface area contributed by atoms with E-state index in [4.69, 9.17) is 21.1 Å². The zero-order chi connectivity index (χ0) is 18.9. The van der Waals surface area contributed by atoms with Gasteiger partial charge >= 0.3 is 5.97 Å². The molecule has 0 bridgehead atoms. The average Bonchev–Trinajstić information content (AvgIpc) is 2.64. The predicted octanol–water partition coefficient (Wildman–Crippen LogP) is 5.54. The molecule has 0 aromatic heterocycles. The van der Waals surface area contributed by atoms with E-state index < -0.39 is 5.97 Å². The number of methoxy groups -OCH3 is 2. The number of ether oxygens (including phenoxy) is 2. The molecule has 0 N–H and O–H groups in total. The van der Waals surface area contributed by atoms with Crippen molar-refractivity contribution in [2.24, 2.45) is 0 Å². The van der Waals surface area contributed by atoms with Gasteiger partial charge < -0.3 is 9.47 Å². The molecule has 3 nitrogen and oxygen atoms in total. The summed E-state index contributed by atoms with van der Waals surface area (Å²) in [6.07, 6.45) is 9.05. The minimum atomic E-state index is -0.449. The smallest absolute Gasteiger partial charge is 0.341 e. The Bertz CT molecular complexity index is 863. The first-order valence-electron chi connectivity index (χ1n) is 8.08. The van der Waals surface area contributed by atoms with Crippen LogP contribution in [0.5, 0.6) is 0 Å². The molecule has 2 rings (SSSR count). The Morgan fingerprint density at radius 2 is 1.69 bits per heavy atom. The van der Waals surface area contributed by atoms with Gasteiger partial charge in [0.15, 0.2) is 0 Å². The third-order valence-electron chi connectivity index (χ3n) is 3.71. The van der Waals surface area contributed by atoms with Gasteiger partial charge in [0.2, 0.25) is 0 Å². The molecular weight excluding hydrogens is 348 g/mol. The highest BCUT2D eigenvalue weighted by atomic mass is 35.5. The van der Waals surface area contributed by atoms with Crippen molar-refractivity contribution in [1.29, 1.82) is 0 Å². The molecule has 0 radical (unpaired) electrons. The van der Waals surface area contributed by atoms with E-state index in [1.165, 1.54) is 20.5 Å². The Balaban J connectivity index is 2.27. The second kappa shape index (κ2) is 9.64. The minimum absolute atomic E-state index is 0.362. The maximum Gasteiger partial charge on any atom is 0.341 e. The van der Waals surface area contributed by atoms with E-state index in [1.54, 1.807) is 0 Å². The fourth-order valence-electron chi connectivity index (χ4n) is 2.42. The summed E-state index contributed by atoms with van der Waals surface area (Å²) in [5.41, 5.74) is 4.04. The number of halogens is 1. The topological polar surface area (TPSA) is 35.5 Å². The lowest BCUT2D eigenvalue weighted by molar-refractivity contribution is -0.133. The van der Waals surface area contributed by atoms with Crippen molar-refractivity contribution in [2.75, 3.05) is 14.2 Å². The molecule has 0 saturated heterocycles. The van der Waals surface area contributed by atoms with Gasteiger partial charge in [-0.3, -0.25) is 0 Å². The van der Waals surface area contributed by atoms with E-state index in [2.05, 4.69) is 0 Å². The molecule has 0 aliphatic carbocycles. The highest BCUT2D eigenvalue weighted by molar-refractivity contribution is 6.32. The molecule has 0 fully saturated rings. The van der Waals surface area contributed by atoms with E-state index in [-0.39, 0.29) is 0 Å². The number of rotatable bonds is 6. The monoisotopic (exact) mass is 368 g/mol. The van der Waals surface area contributed by atoms with E-state index in [0.717, 1.165) is 22.3 Å². The molecule has 26 heavy (non-hydrogen) atoms. The van der Waals surface area contributed by atoms with Crippen LogP contribution in [-0.2, 0) is 14.3 Å². The van der Waals surface area contributed by atoms with E-state index in [9.17, 15) is 4.79 Å². The lowest BCUT2D eigenvalue weighted by Gasteiger charge is -2.08. The van der Waals surface area contributed by atoms with Crippen LogP contribution in [0.15, 0.2) is 60.9 Å². The van der Waals surface area contributed by atoms with Gasteiger partial charge in [-0.25, -0.2) is 4.79 Å². The molecule has 134 valence electrons. The van der Waals surface area contributed by atoms with E-state index >= 15 is 0 Å². The van der Waals surface area contributed by atoms with Crippen molar-refractivity contribution in [3.8, 4) is 0 Å². The van der Waals surface area contributed by atoms with Crippen LogP contribution in [0.1, 0.15) is 22.3 Å². The van der Waals surface area contributed by atoms with Crippen LogP contribution in [0.3, 0.4) is 0 Å². The summed E-state index contributed by atoms with van der Waals surface area (Å²) in [5, 5.41) is 0.714. The van der Waals surface area contributed by atoms with Gasteiger partial charge in [-0.15, -0.1) is 0 Å². The Kier molecular flexibility index (Phi) is 7.24. The zero-order valence-electron chi connectivity index (χ0n) is 15.0. The second-order valence-electron chi connectivity index (χ2n) is 5.59. The van der Waals surface area contributed by atoms with Crippen molar-refractivity contribution >= 4 is 35.3 Å². The van der Waals surface area contributed by atoms with Gasteiger partial charge in [-0.1, -0.05) is 72.3 Å². The minimum Gasteiger partial charge on any atom is -0.503 e. The van der Waals surface area contributed by atoms with Crippen LogP contribution < -0.4 is 0 Å². The number of carbonyl (C=O) groups excluding carboxylic acids is 1. The van der Waals surface area contributed by atoms with Crippen molar-refractivity contribution in [3.05, 3.63) is 88.2 Å². The largest absolute Gasteiger partial charge is 0.503 e. The molecule has 0 spiro atoms. The molecule has 0 aliphatic heterocycles. The molecule has 0 aliphatic rings. The highest BCUT2D eigenvalue weighted by Crippen LogP contribution is 2.22. The second-order valence-corrected chi connectivity index (χ2v) is 6.00. The number of esters is 1. The molecule has 0 heterocycles. The normalized spacial score (nSPS) is 11.9. The summed E-state index contributed by atoms with van der Waals surface area (Å²) in [6.45, 7) is 2.00. The molecule has 0 atom stereocenters. The number of hydrogen-bond acceptors (Lipinski definition) is 3. The third-order valence-corrected chi connectivity index (χ3v) is 4.04. The molecular formula is C22H21ClO3. The Hall–Kier alpha value is -2.78. The van der Waals surface area contributed by atoms with E-state index in [1.807, 2.05) is 73.7 Å². The maximum absolute atomic E-state index is 12.0. The Morgan fingerprint density at radius 1 is 1.00 bits per heavy atom. The van der Waals surface area contributed by atoms with Crippen molar-refractivity contribution in [1.82, 2.24) is 0 Å². The number of allylic oxidation sites excluding steroid dienone is 2. The first-order chi connectivity index (χ1) is 12.6. The molecule has 2 aromatic rings. The summed E-state index contributed by atoms with van der Waals surface area (Å²) >= 11 is 6.23. The van der Waals surface area contributed by atoms with Crippen LogP contribution in [0.4, 0.5) is 0 Å². The molecule has 4 heteroatoms. The van der Waals surface area contributed by atoms with Crippen LogP contribution in [0.25, 0.3) is 17.7 Å². The third kappa shape index (κ3) is 5.11. The average molecular weight is 369 g/mol. The van der Waals surface area contributed by atoms with Crippen LogP contribution in [-0.4, -0.2) is 20.2 Å². The van der Waals surface area contributed by atoms with Gasteiger partial charge in [-0.05, 0) is 35.2 Å². The van der Waals surface area contributed by atoms with Gasteiger partial charge in [0.05, 0.1) is 20.5 Å². The predicted molar refractivity (Wildman–Crippen MR) is 108 cm³/mol. The number of benzene rings is 2. The van der Waals surface area contributed by atoms with Crippen LogP contribution in [0.2, 0.25) is 5.02 Å². The molecule has 0 saturated carbocycles. The summed E-state index contributed by atoms with van der Waals surface area (Å²) in [4.78, 5) is 12.0. The molecule has 0 amide bonds. The SMILES string of the molecule is COC=C(C(=O)OC)c1ccccc1C=CC=Cc1ccc(C)cc1Cl. The Labute approximate surface area is 159 Å².